The molecule has 25 heavy (non-hydrogen) atoms. The lowest BCUT2D eigenvalue weighted by atomic mass is 10.1. The lowest BCUT2D eigenvalue weighted by molar-refractivity contribution is 0.357. The molecule has 1 aromatic heterocycles. The van der Waals surface area contributed by atoms with Crippen molar-refractivity contribution in [3.63, 3.8) is 0 Å². The van der Waals surface area contributed by atoms with Gasteiger partial charge in [-0.1, -0.05) is 18.2 Å². The standard InChI is InChI=1S/C20H26N4O/c1-2-22-20(24-12-8-17-4-3-10-21-15-17)23-11-7-16-5-6-19-18(14-16)9-13-25-19/h3-6,10,14-15H,2,7-9,11-13H2,1H3,(H2,22,23,24). The summed E-state index contributed by atoms with van der Waals surface area (Å²) >= 11 is 0. The maximum Gasteiger partial charge on any atom is 0.191 e. The second-order valence-corrected chi connectivity index (χ2v) is 6.09. The predicted molar refractivity (Wildman–Crippen MR) is 101 cm³/mol. The van der Waals surface area contributed by atoms with E-state index in [2.05, 4.69) is 51.8 Å². The van der Waals surface area contributed by atoms with Gasteiger partial charge in [-0.15, -0.1) is 0 Å². The van der Waals surface area contributed by atoms with Crippen LogP contribution >= 0.6 is 0 Å². The molecule has 5 heteroatoms. The van der Waals surface area contributed by atoms with Gasteiger partial charge < -0.3 is 15.4 Å². The van der Waals surface area contributed by atoms with Crippen LogP contribution in [0.5, 0.6) is 5.75 Å². The molecule has 2 N–H and O–H groups in total. The zero-order valence-corrected chi connectivity index (χ0v) is 14.8. The first kappa shape index (κ1) is 17.3. The number of nitrogens with one attached hydrogen (secondary N) is 2. The molecule has 2 aromatic rings. The molecule has 0 unspecified atom stereocenters. The maximum absolute atomic E-state index is 5.56. The Labute approximate surface area is 149 Å². The number of guanidine groups is 1. The van der Waals surface area contributed by atoms with Gasteiger partial charge in [0.25, 0.3) is 0 Å². The third-order valence-electron chi connectivity index (χ3n) is 4.20. The summed E-state index contributed by atoms with van der Waals surface area (Å²) in [7, 11) is 0. The van der Waals surface area contributed by atoms with Crippen molar-refractivity contribution >= 4 is 5.96 Å². The van der Waals surface area contributed by atoms with Gasteiger partial charge in [-0.3, -0.25) is 9.98 Å². The van der Waals surface area contributed by atoms with E-state index in [1.807, 2.05) is 12.3 Å². The molecule has 132 valence electrons. The first-order valence-electron chi connectivity index (χ1n) is 9.01. The van der Waals surface area contributed by atoms with E-state index in [-0.39, 0.29) is 0 Å². The molecule has 0 fully saturated rings. The van der Waals surface area contributed by atoms with Crippen LogP contribution in [0.15, 0.2) is 47.7 Å². The topological polar surface area (TPSA) is 58.5 Å². The van der Waals surface area contributed by atoms with Crippen molar-refractivity contribution < 1.29 is 4.74 Å². The number of rotatable bonds is 7. The van der Waals surface area contributed by atoms with Crippen LogP contribution < -0.4 is 15.4 Å². The first-order valence-corrected chi connectivity index (χ1v) is 9.01. The van der Waals surface area contributed by atoms with Crippen LogP contribution in [0.1, 0.15) is 23.6 Å². The molecule has 0 amide bonds. The highest BCUT2D eigenvalue weighted by Crippen LogP contribution is 2.25. The van der Waals surface area contributed by atoms with E-state index in [0.29, 0.717) is 0 Å². The summed E-state index contributed by atoms with van der Waals surface area (Å²) < 4.78 is 5.56. The Bertz CT molecular complexity index is 700. The van der Waals surface area contributed by atoms with Crippen LogP contribution in [-0.2, 0) is 19.3 Å². The van der Waals surface area contributed by atoms with Crippen LogP contribution in [0.4, 0.5) is 0 Å². The third kappa shape index (κ3) is 5.21. The van der Waals surface area contributed by atoms with Crippen molar-refractivity contribution in [1.82, 2.24) is 15.6 Å². The predicted octanol–water partition coefficient (Wildman–Crippen LogP) is 2.36. The van der Waals surface area contributed by atoms with E-state index in [1.165, 1.54) is 16.7 Å². The lowest BCUT2D eigenvalue weighted by Crippen LogP contribution is -2.38. The molecule has 0 bridgehead atoms. The van der Waals surface area contributed by atoms with Crippen LogP contribution in [0, 0.1) is 0 Å². The monoisotopic (exact) mass is 338 g/mol. The number of ether oxygens (including phenoxy) is 1. The SMILES string of the molecule is CCNC(=NCCc1ccc2c(c1)CCO2)NCCc1cccnc1. The summed E-state index contributed by atoms with van der Waals surface area (Å²) in [6, 6.07) is 10.5. The number of hydrogen-bond donors (Lipinski definition) is 2. The second-order valence-electron chi connectivity index (χ2n) is 6.09. The van der Waals surface area contributed by atoms with Gasteiger partial charge in [-0.2, -0.15) is 0 Å². The lowest BCUT2D eigenvalue weighted by Gasteiger charge is -2.11. The average molecular weight is 338 g/mol. The Morgan fingerprint density at radius 3 is 3.00 bits per heavy atom. The van der Waals surface area contributed by atoms with Crippen molar-refractivity contribution in [3.8, 4) is 5.75 Å². The van der Waals surface area contributed by atoms with Crippen molar-refractivity contribution in [2.75, 3.05) is 26.2 Å². The zero-order valence-electron chi connectivity index (χ0n) is 14.8. The minimum Gasteiger partial charge on any atom is -0.493 e. The maximum atomic E-state index is 5.56. The van der Waals surface area contributed by atoms with E-state index in [9.17, 15) is 0 Å². The molecule has 0 radical (unpaired) electrons. The van der Waals surface area contributed by atoms with Crippen molar-refractivity contribution in [2.45, 2.75) is 26.2 Å². The summed E-state index contributed by atoms with van der Waals surface area (Å²) in [6.07, 6.45) is 6.59. The van der Waals surface area contributed by atoms with Gasteiger partial charge in [0, 0.05) is 38.4 Å². The number of pyridine rings is 1. The Morgan fingerprint density at radius 1 is 1.20 bits per heavy atom. The zero-order chi connectivity index (χ0) is 17.3. The fourth-order valence-corrected chi connectivity index (χ4v) is 2.91. The number of fused-ring (bicyclic) bond motifs is 1. The highest BCUT2D eigenvalue weighted by molar-refractivity contribution is 5.79. The molecule has 0 atom stereocenters. The molecule has 0 aliphatic carbocycles. The van der Waals surface area contributed by atoms with Gasteiger partial charge in [0.2, 0.25) is 0 Å². The molecule has 0 spiro atoms. The number of benzene rings is 1. The van der Waals surface area contributed by atoms with Gasteiger partial charge in [0.05, 0.1) is 6.61 Å². The molecule has 1 aromatic carbocycles. The number of aromatic nitrogens is 1. The quantitative estimate of drug-likeness (QED) is 0.601. The summed E-state index contributed by atoms with van der Waals surface area (Å²) in [5, 5.41) is 6.69. The van der Waals surface area contributed by atoms with Crippen LogP contribution in [-0.4, -0.2) is 37.2 Å². The minimum atomic E-state index is 0.766. The average Bonchev–Trinajstić information content (AvgIpc) is 3.10. The summed E-state index contributed by atoms with van der Waals surface area (Å²) in [4.78, 5) is 8.83. The van der Waals surface area contributed by atoms with Crippen LogP contribution in [0.3, 0.4) is 0 Å². The van der Waals surface area contributed by atoms with E-state index < -0.39 is 0 Å². The molecule has 0 saturated carbocycles. The second kappa shape index (κ2) is 9.06. The van der Waals surface area contributed by atoms with Crippen LogP contribution in [0.25, 0.3) is 0 Å². The van der Waals surface area contributed by atoms with Crippen molar-refractivity contribution in [3.05, 3.63) is 59.4 Å². The van der Waals surface area contributed by atoms with E-state index in [4.69, 9.17) is 4.74 Å². The Balaban J connectivity index is 1.48. The highest BCUT2D eigenvalue weighted by Gasteiger charge is 2.11. The number of hydrogen-bond acceptors (Lipinski definition) is 3. The Hall–Kier alpha value is -2.56. The molecule has 1 aliphatic rings. The van der Waals surface area contributed by atoms with E-state index in [0.717, 1.165) is 57.2 Å². The molecule has 0 saturated heterocycles. The van der Waals surface area contributed by atoms with Crippen molar-refractivity contribution in [1.29, 1.82) is 0 Å². The summed E-state index contributed by atoms with van der Waals surface area (Å²) in [6.45, 7) is 5.35. The van der Waals surface area contributed by atoms with E-state index in [1.54, 1.807) is 6.20 Å². The largest absolute Gasteiger partial charge is 0.493 e. The molecule has 2 heterocycles. The highest BCUT2D eigenvalue weighted by atomic mass is 16.5. The van der Waals surface area contributed by atoms with Gasteiger partial charge in [0.15, 0.2) is 5.96 Å². The minimum absolute atomic E-state index is 0.766. The fourth-order valence-electron chi connectivity index (χ4n) is 2.91. The Morgan fingerprint density at radius 2 is 2.16 bits per heavy atom. The van der Waals surface area contributed by atoms with Gasteiger partial charge in [-0.25, -0.2) is 0 Å². The van der Waals surface area contributed by atoms with Gasteiger partial charge in [0.1, 0.15) is 5.75 Å². The molecule has 3 rings (SSSR count). The van der Waals surface area contributed by atoms with Gasteiger partial charge >= 0.3 is 0 Å². The van der Waals surface area contributed by atoms with Gasteiger partial charge in [-0.05, 0) is 48.6 Å². The third-order valence-corrected chi connectivity index (χ3v) is 4.20. The number of nitrogens with zero attached hydrogens (tertiary/aromatic N) is 2. The fraction of sp³-hybridized carbons (Fsp3) is 0.400. The Kier molecular flexibility index (Phi) is 6.26. The smallest absolute Gasteiger partial charge is 0.191 e. The molecular formula is C20H26N4O. The molecule has 5 nitrogen and oxygen atoms in total. The first-order chi connectivity index (χ1) is 12.3. The molecular weight excluding hydrogens is 312 g/mol. The number of aliphatic imine (C=N–C) groups is 1. The summed E-state index contributed by atoms with van der Waals surface area (Å²) in [5.74, 6) is 1.91. The van der Waals surface area contributed by atoms with E-state index >= 15 is 0 Å². The summed E-state index contributed by atoms with van der Waals surface area (Å²) in [5.41, 5.74) is 3.87. The molecule has 1 aliphatic heterocycles. The van der Waals surface area contributed by atoms with Crippen molar-refractivity contribution in [2.24, 2.45) is 4.99 Å². The van der Waals surface area contributed by atoms with Crippen LogP contribution in [0.2, 0.25) is 0 Å². The normalized spacial score (nSPS) is 13.2.